The summed E-state index contributed by atoms with van der Waals surface area (Å²) < 4.78 is -1.29. The molecule has 0 heterocycles. The maximum atomic E-state index is 12.8. The predicted molar refractivity (Wildman–Crippen MR) is 121 cm³/mol. The van der Waals surface area contributed by atoms with Gasteiger partial charge in [0, 0.05) is 39.5 Å². The van der Waals surface area contributed by atoms with E-state index in [1.807, 2.05) is 0 Å². The van der Waals surface area contributed by atoms with Crippen molar-refractivity contribution in [2.45, 2.75) is 23.1 Å². The van der Waals surface area contributed by atoms with Crippen molar-refractivity contribution in [2.75, 3.05) is 11.2 Å². The molecule has 0 bridgehead atoms. The Morgan fingerprint density at radius 1 is 1.00 bits per heavy atom. The van der Waals surface area contributed by atoms with E-state index in [1.54, 1.807) is 30.3 Å². The summed E-state index contributed by atoms with van der Waals surface area (Å²) in [5, 5.41) is 3.93. The number of rotatable bonds is 7. The first-order chi connectivity index (χ1) is 13.6. The normalized spacial score (nSPS) is 19.7. The van der Waals surface area contributed by atoms with Gasteiger partial charge >= 0.3 is 0 Å². The van der Waals surface area contributed by atoms with Crippen molar-refractivity contribution >= 4 is 87.0 Å². The number of amides is 1. The number of ketones is 1. The second kappa shape index (κ2) is 9.21. The second-order valence-corrected chi connectivity index (χ2v) is 9.83. The van der Waals surface area contributed by atoms with Crippen molar-refractivity contribution in [3.63, 3.8) is 0 Å². The first kappa shape index (κ1) is 23.0. The van der Waals surface area contributed by atoms with Gasteiger partial charge in [-0.05, 0) is 48.4 Å². The Balaban J connectivity index is 1.77. The van der Waals surface area contributed by atoms with Crippen LogP contribution in [-0.4, -0.2) is 21.9 Å². The van der Waals surface area contributed by atoms with E-state index in [0.717, 1.165) is 0 Å². The molecule has 1 aliphatic carbocycles. The van der Waals surface area contributed by atoms with Gasteiger partial charge in [0.1, 0.15) is 4.33 Å². The molecule has 9 heteroatoms. The Hall–Kier alpha value is -0.680. The van der Waals surface area contributed by atoms with E-state index in [9.17, 15) is 9.59 Å². The Kier molecular flexibility index (Phi) is 7.31. The molecule has 2 aromatic rings. The quantitative estimate of drug-likeness (QED) is 0.310. The first-order valence-corrected chi connectivity index (χ1v) is 11.1. The minimum absolute atomic E-state index is 0.145. The lowest BCUT2D eigenvalue weighted by molar-refractivity contribution is -0.117. The molecule has 3 rings (SSSR count). The highest BCUT2D eigenvalue weighted by atomic mass is 35.5. The van der Waals surface area contributed by atoms with E-state index < -0.39 is 16.2 Å². The van der Waals surface area contributed by atoms with Gasteiger partial charge < -0.3 is 5.32 Å². The maximum Gasteiger partial charge on any atom is 0.231 e. The molecule has 1 aliphatic rings. The van der Waals surface area contributed by atoms with Crippen molar-refractivity contribution in [1.29, 1.82) is 0 Å². The summed E-state index contributed by atoms with van der Waals surface area (Å²) in [6.07, 6.45) is 0.813. The van der Waals surface area contributed by atoms with Gasteiger partial charge in [-0.1, -0.05) is 34.8 Å². The summed E-state index contributed by atoms with van der Waals surface area (Å²) in [7, 11) is 0. The van der Waals surface area contributed by atoms with Crippen LogP contribution in [0.15, 0.2) is 36.4 Å². The smallest absolute Gasteiger partial charge is 0.231 e. The van der Waals surface area contributed by atoms with Gasteiger partial charge in [-0.25, -0.2) is 0 Å². The molecule has 0 spiro atoms. The number of carbonyl (C=O) groups is 2. The summed E-state index contributed by atoms with van der Waals surface area (Å²) in [5.41, 5.74) is 1.43. The molecule has 1 amide bonds. The summed E-state index contributed by atoms with van der Waals surface area (Å²) in [6, 6.07) is 9.65. The Bertz CT molecular complexity index is 942. The van der Waals surface area contributed by atoms with Gasteiger partial charge in [0.05, 0.1) is 10.9 Å². The third kappa shape index (κ3) is 5.15. The van der Waals surface area contributed by atoms with Gasteiger partial charge in [0.25, 0.3) is 0 Å². The fraction of sp³-hybridized carbons (Fsp3) is 0.300. The molecule has 1 N–H and O–H groups in total. The molecular weight excluding hydrogens is 499 g/mol. The van der Waals surface area contributed by atoms with Gasteiger partial charge in [-0.15, -0.1) is 34.8 Å². The molecule has 0 aliphatic heterocycles. The van der Waals surface area contributed by atoms with E-state index in [4.69, 9.17) is 69.6 Å². The van der Waals surface area contributed by atoms with Crippen molar-refractivity contribution < 1.29 is 9.59 Å². The molecule has 1 fully saturated rings. The number of anilines is 1. The van der Waals surface area contributed by atoms with Crippen LogP contribution in [0.25, 0.3) is 0 Å². The Morgan fingerprint density at radius 3 is 2.28 bits per heavy atom. The molecule has 154 valence electrons. The third-order valence-electron chi connectivity index (χ3n) is 4.65. The van der Waals surface area contributed by atoms with Crippen LogP contribution in [0.4, 0.5) is 5.69 Å². The average molecular weight is 514 g/mol. The molecule has 0 radical (unpaired) electrons. The van der Waals surface area contributed by atoms with Crippen LogP contribution < -0.4 is 5.32 Å². The molecule has 2 unspecified atom stereocenters. The van der Waals surface area contributed by atoms with Crippen molar-refractivity contribution in [3.05, 3.63) is 62.6 Å². The molecule has 3 nitrogen and oxygen atoms in total. The van der Waals surface area contributed by atoms with Crippen LogP contribution in [0.5, 0.6) is 0 Å². The number of Topliss-reactive ketones (excluding diaryl/α,β-unsaturated/α-hetero) is 1. The minimum Gasteiger partial charge on any atom is -0.326 e. The highest BCUT2D eigenvalue weighted by Crippen LogP contribution is 2.65. The van der Waals surface area contributed by atoms with Crippen LogP contribution in [0, 0.1) is 5.92 Å². The lowest BCUT2D eigenvalue weighted by Crippen LogP contribution is -2.17. The summed E-state index contributed by atoms with van der Waals surface area (Å²) in [5.74, 6) is -1.30. The summed E-state index contributed by atoms with van der Waals surface area (Å²) >= 11 is 36.6. The number of carbonyl (C=O) groups excluding carboxylic acids is 2. The van der Waals surface area contributed by atoms with Crippen molar-refractivity contribution in [2.24, 2.45) is 5.92 Å². The predicted octanol–water partition coefficient (Wildman–Crippen LogP) is 7.37. The first-order valence-electron chi connectivity index (χ1n) is 8.68. The number of nitrogens with one attached hydrogen (secondary N) is 1. The Morgan fingerprint density at radius 2 is 1.66 bits per heavy atom. The molecule has 2 atom stereocenters. The Labute approximate surface area is 198 Å². The molecule has 1 saturated carbocycles. The topological polar surface area (TPSA) is 46.2 Å². The number of alkyl halides is 3. The number of halogens is 6. The van der Waals surface area contributed by atoms with Crippen molar-refractivity contribution in [3.8, 4) is 0 Å². The van der Waals surface area contributed by atoms with Gasteiger partial charge in [0.2, 0.25) is 5.91 Å². The van der Waals surface area contributed by atoms with E-state index in [-0.39, 0.29) is 18.1 Å². The second-order valence-electron chi connectivity index (χ2n) is 6.73. The zero-order valence-electron chi connectivity index (χ0n) is 14.8. The highest BCUT2D eigenvalue weighted by molar-refractivity contribution is 6.53. The SMILES string of the molecule is O=C(CCCCl)c1cc(NC(=O)C2C(c3cc(Cl)cc(Cl)c3)C2(Cl)Cl)ccc1Cl. The van der Waals surface area contributed by atoms with Gasteiger partial charge in [0.15, 0.2) is 5.78 Å². The fourth-order valence-corrected chi connectivity index (χ4v) is 4.95. The minimum atomic E-state index is -1.29. The van der Waals surface area contributed by atoms with Crippen LogP contribution in [-0.2, 0) is 4.79 Å². The fourth-order valence-electron chi connectivity index (χ4n) is 3.22. The van der Waals surface area contributed by atoms with E-state index >= 15 is 0 Å². The lowest BCUT2D eigenvalue weighted by atomic mass is 10.1. The number of hydrogen-bond donors (Lipinski definition) is 1. The van der Waals surface area contributed by atoms with Gasteiger partial charge in [-0.2, -0.15) is 0 Å². The summed E-state index contributed by atoms with van der Waals surface area (Å²) in [6.45, 7) is 0. The number of benzene rings is 2. The lowest BCUT2D eigenvalue weighted by Gasteiger charge is -2.09. The molecule has 2 aromatic carbocycles. The molecule has 29 heavy (non-hydrogen) atoms. The summed E-state index contributed by atoms with van der Waals surface area (Å²) in [4.78, 5) is 25.1. The van der Waals surface area contributed by atoms with Crippen LogP contribution in [0.2, 0.25) is 15.1 Å². The van der Waals surface area contributed by atoms with Crippen LogP contribution in [0.3, 0.4) is 0 Å². The van der Waals surface area contributed by atoms with E-state index in [0.29, 0.717) is 44.2 Å². The highest BCUT2D eigenvalue weighted by Gasteiger charge is 2.67. The molecule has 0 saturated heterocycles. The standard InChI is InChI=1S/C20H15Cl6NO2/c21-5-1-2-16(28)14-9-13(3-4-15(14)24)27-19(29)18-17(20(18,25)26)10-6-11(22)8-12(23)7-10/h3-4,6-9,17-18H,1-2,5H2,(H,27,29). The largest absolute Gasteiger partial charge is 0.326 e. The van der Waals surface area contributed by atoms with Gasteiger partial charge in [-0.3, -0.25) is 9.59 Å². The van der Waals surface area contributed by atoms with E-state index in [1.165, 1.54) is 6.07 Å². The monoisotopic (exact) mass is 511 g/mol. The third-order valence-corrected chi connectivity index (χ3v) is 6.63. The molecular formula is C20H15Cl6NO2. The van der Waals surface area contributed by atoms with Crippen LogP contribution in [0.1, 0.15) is 34.7 Å². The zero-order valence-corrected chi connectivity index (χ0v) is 19.4. The molecule has 0 aromatic heterocycles. The van der Waals surface area contributed by atoms with Crippen molar-refractivity contribution in [1.82, 2.24) is 0 Å². The number of hydrogen-bond acceptors (Lipinski definition) is 2. The van der Waals surface area contributed by atoms with E-state index in [2.05, 4.69) is 5.32 Å². The van der Waals surface area contributed by atoms with Crippen LogP contribution >= 0.6 is 69.6 Å². The average Bonchev–Trinajstić information content (AvgIpc) is 3.22. The maximum absolute atomic E-state index is 12.8. The zero-order chi connectivity index (χ0) is 21.3.